The zero-order chi connectivity index (χ0) is 13.8. The SMILES string of the molecule is CCOC(C)(C)CNC(C)c1cccc(Cl)c1Cl. The van der Waals surface area contributed by atoms with Crippen LogP contribution in [0, 0.1) is 0 Å². The van der Waals surface area contributed by atoms with Crippen molar-refractivity contribution in [1.29, 1.82) is 0 Å². The van der Waals surface area contributed by atoms with Gasteiger partial charge in [-0.3, -0.25) is 0 Å². The van der Waals surface area contributed by atoms with E-state index in [1.54, 1.807) is 6.07 Å². The first kappa shape index (κ1) is 15.8. The number of hydrogen-bond donors (Lipinski definition) is 1. The Hall–Kier alpha value is -0.280. The smallest absolute Gasteiger partial charge is 0.0750 e. The summed E-state index contributed by atoms with van der Waals surface area (Å²) in [6, 6.07) is 5.83. The standard InChI is InChI=1S/C14H21Cl2NO/c1-5-18-14(3,4)9-17-10(2)11-7-6-8-12(15)13(11)16/h6-8,10,17H,5,9H2,1-4H3. The molecule has 0 bridgehead atoms. The van der Waals surface area contributed by atoms with Crippen molar-refractivity contribution in [3.05, 3.63) is 33.8 Å². The van der Waals surface area contributed by atoms with Crippen molar-refractivity contribution in [2.24, 2.45) is 0 Å². The second-order valence-electron chi connectivity index (χ2n) is 4.94. The molecule has 1 aromatic carbocycles. The Kier molecular flexibility index (Phi) is 5.93. The lowest BCUT2D eigenvalue weighted by molar-refractivity contribution is -0.0103. The number of rotatable bonds is 6. The largest absolute Gasteiger partial charge is 0.375 e. The van der Waals surface area contributed by atoms with Gasteiger partial charge in [0, 0.05) is 19.2 Å². The maximum atomic E-state index is 6.20. The highest BCUT2D eigenvalue weighted by molar-refractivity contribution is 6.42. The average Bonchev–Trinajstić information content (AvgIpc) is 2.30. The van der Waals surface area contributed by atoms with Gasteiger partial charge in [0.15, 0.2) is 0 Å². The van der Waals surface area contributed by atoms with E-state index in [4.69, 9.17) is 27.9 Å². The molecule has 0 amide bonds. The summed E-state index contributed by atoms with van der Waals surface area (Å²) in [6.45, 7) is 9.66. The Labute approximate surface area is 120 Å². The monoisotopic (exact) mass is 289 g/mol. The maximum Gasteiger partial charge on any atom is 0.0750 e. The van der Waals surface area contributed by atoms with Gasteiger partial charge in [-0.15, -0.1) is 0 Å². The molecule has 1 atom stereocenters. The van der Waals surface area contributed by atoms with E-state index in [2.05, 4.69) is 26.1 Å². The van der Waals surface area contributed by atoms with Crippen molar-refractivity contribution in [1.82, 2.24) is 5.32 Å². The third kappa shape index (κ3) is 4.43. The second-order valence-corrected chi connectivity index (χ2v) is 5.72. The summed E-state index contributed by atoms with van der Waals surface area (Å²) in [5.41, 5.74) is 0.824. The van der Waals surface area contributed by atoms with Crippen molar-refractivity contribution in [2.75, 3.05) is 13.2 Å². The molecule has 2 nitrogen and oxygen atoms in total. The van der Waals surface area contributed by atoms with Gasteiger partial charge in [0.05, 0.1) is 15.6 Å². The predicted molar refractivity (Wildman–Crippen MR) is 78.6 cm³/mol. The van der Waals surface area contributed by atoms with Crippen LogP contribution in [0.2, 0.25) is 10.0 Å². The molecular weight excluding hydrogens is 269 g/mol. The molecule has 1 N–H and O–H groups in total. The highest BCUT2D eigenvalue weighted by atomic mass is 35.5. The van der Waals surface area contributed by atoms with Crippen LogP contribution in [0.1, 0.15) is 39.3 Å². The zero-order valence-electron chi connectivity index (χ0n) is 11.4. The summed E-state index contributed by atoms with van der Waals surface area (Å²) in [5.74, 6) is 0. The predicted octanol–water partition coefficient (Wildman–Crippen LogP) is 4.46. The summed E-state index contributed by atoms with van der Waals surface area (Å²) in [6.07, 6.45) is 0. The Morgan fingerprint density at radius 1 is 1.33 bits per heavy atom. The van der Waals surface area contributed by atoms with Gasteiger partial charge >= 0.3 is 0 Å². The van der Waals surface area contributed by atoms with Gasteiger partial charge in [0.1, 0.15) is 0 Å². The Bertz CT molecular complexity index is 393. The molecule has 18 heavy (non-hydrogen) atoms. The molecular formula is C14H21Cl2NO. The van der Waals surface area contributed by atoms with E-state index in [1.807, 2.05) is 19.1 Å². The van der Waals surface area contributed by atoms with Gasteiger partial charge in [0.25, 0.3) is 0 Å². The average molecular weight is 290 g/mol. The lowest BCUT2D eigenvalue weighted by Gasteiger charge is -2.27. The summed E-state index contributed by atoms with van der Waals surface area (Å²) in [7, 11) is 0. The van der Waals surface area contributed by atoms with Crippen LogP contribution < -0.4 is 5.32 Å². The highest BCUT2D eigenvalue weighted by Gasteiger charge is 2.19. The fourth-order valence-corrected chi connectivity index (χ4v) is 2.28. The first-order valence-electron chi connectivity index (χ1n) is 6.18. The van der Waals surface area contributed by atoms with Crippen LogP contribution in [0.4, 0.5) is 0 Å². The summed E-state index contributed by atoms with van der Waals surface area (Å²) in [4.78, 5) is 0. The van der Waals surface area contributed by atoms with Crippen LogP contribution in [0.25, 0.3) is 0 Å². The third-order valence-electron chi connectivity index (χ3n) is 2.82. The highest BCUT2D eigenvalue weighted by Crippen LogP contribution is 2.29. The van der Waals surface area contributed by atoms with Crippen molar-refractivity contribution in [3.63, 3.8) is 0 Å². The molecule has 4 heteroatoms. The molecule has 0 aliphatic carbocycles. The zero-order valence-corrected chi connectivity index (χ0v) is 12.9. The van der Waals surface area contributed by atoms with Gasteiger partial charge in [0.2, 0.25) is 0 Å². The van der Waals surface area contributed by atoms with Crippen LogP contribution in [0.3, 0.4) is 0 Å². The fourth-order valence-electron chi connectivity index (χ4n) is 1.81. The fraction of sp³-hybridized carbons (Fsp3) is 0.571. The quantitative estimate of drug-likeness (QED) is 0.835. The number of benzene rings is 1. The van der Waals surface area contributed by atoms with Crippen LogP contribution in [0.15, 0.2) is 18.2 Å². The van der Waals surface area contributed by atoms with Gasteiger partial charge in [-0.25, -0.2) is 0 Å². The summed E-state index contributed by atoms with van der Waals surface area (Å²) >= 11 is 12.2. The minimum atomic E-state index is -0.186. The normalized spacial score (nSPS) is 13.7. The molecule has 0 fully saturated rings. The van der Waals surface area contributed by atoms with Crippen molar-refractivity contribution in [2.45, 2.75) is 39.3 Å². The maximum absolute atomic E-state index is 6.20. The van der Waals surface area contributed by atoms with Crippen molar-refractivity contribution in [3.8, 4) is 0 Å². The van der Waals surface area contributed by atoms with Gasteiger partial charge in [-0.1, -0.05) is 35.3 Å². The molecule has 0 spiro atoms. The van der Waals surface area contributed by atoms with E-state index in [1.165, 1.54) is 0 Å². The van der Waals surface area contributed by atoms with Crippen molar-refractivity contribution < 1.29 is 4.74 Å². The molecule has 0 radical (unpaired) electrons. The van der Waals surface area contributed by atoms with Crippen LogP contribution in [0.5, 0.6) is 0 Å². The Balaban J connectivity index is 2.66. The number of nitrogens with one attached hydrogen (secondary N) is 1. The minimum absolute atomic E-state index is 0.135. The Morgan fingerprint density at radius 2 is 2.00 bits per heavy atom. The molecule has 1 rings (SSSR count). The minimum Gasteiger partial charge on any atom is -0.375 e. The molecule has 102 valence electrons. The lowest BCUT2D eigenvalue weighted by Crippen LogP contribution is -2.38. The second kappa shape index (κ2) is 6.76. The molecule has 0 aromatic heterocycles. The molecule has 0 heterocycles. The van der Waals surface area contributed by atoms with E-state index in [0.29, 0.717) is 16.7 Å². The number of ether oxygens (including phenoxy) is 1. The van der Waals surface area contributed by atoms with E-state index in [9.17, 15) is 0 Å². The molecule has 0 saturated heterocycles. The van der Waals surface area contributed by atoms with E-state index in [-0.39, 0.29) is 11.6 Å². The first-order chi connectivity index (χ1) is 8.37. The van der Waals surface area contributed by atoms with Gasteiger partial charge in [-0.05, 0) is 39.3 Å². The molecule has 1 unspecified atom stereocenters. The summed E-state index contributed by atoms with van der Waals surface area (Å²) in [5, 5.41) is 4.63. The van der Waals surface area contributed by atoms with Crippen LogP contribution in [-0.2, 0) is 4.74 Å². The molecule has 1 aromatic rings. The van der Waals surface area contributed by atoms with E-state index in [0.717, 1.165) is 12.1 Å². The number of halogens is 2. The molecule has 0 saturated carbocycles. The van der Waals surface area contributed by atoms with Crippen molar-refractivity contribution >= 4 is 23.2 Å². The van der Waals surface area contributed by atoms with Gasteiger partial charge in [-0.2, -0.15) is 0 Å². The van der Waals surface area contributed by atoms with Crippen LogP contribution in [-0.4, -0.2) is 18.8 Å². The molecule has 0 aliphatic heterocycles. The topological polar surface area (TPSA) is 21.3 Å². The first-order valence-corrected chi connectivity index (χ1v) is 6.94. The Morgan fingerprint density at radius 3 is 2.61 bits per heavy atom. The van der Waals surface area contributed by atoms with Gasteiger partial charge < -0.3 is 10.1 Å². The van der Waals surface area contributed by atoms with Crippen LogP contribution >= 0.6 is 23.2 Å². The lowest BCUT2D eigenvalue weighted by atomic mass is 10.1. The third-order valence-corrected chi connectivity index (χ3v) is 3.65. The van der Waals surface area contributed by atoms with E-state index < -0.39 is 0 Å². The number of hydrogen-bond acceptors (Lipinski definition) is 2. The van der Waals surface area contributed by atoms with E-state index >= 15 is 0 Å². The molecule has 0 aliphatic rings. The summed E-state index contributed by atoms with van der Waals surface area (Å²) < 4.78 is 5.65.